The van der Waals surface area contributed by atoms with Crippen molar-refractivity contribution >= 4 is 21.7 Å². The van der Waals surface area contributed by atoms with E-state index < -0.39 is 16.0 Å². The van der Waals surface area contributed by atoms with Crippen LogP contribution in [0.5, 0.6) is 0 Å². The lowest BCUT2D eigenvalue weighted by Crippen LogP contribution is -2.13. The van der Waals surface area contributed by atoms with Crippen LogP contribution < -0.4 is 4.72 Å². The van der Waals surface area contributed by atoms with E-state index in [1.54, 1.807) is 36.0 Å². The number of nitrogens with one attached hydrogen (secondary N) is 1. The van der Waals surface area contributed by atoms with Gasteiger partial charge >= 0.3 is 5.97 Å². The van der Waals surface area contributed by atoms with Gasteiger partial charge in [-0.2, -0.15) is 0 Å². The summed E-state index contributed by atoms with van der Waals surface area (Å²) in [5.74, 6) is -0.522. The number of aryl methyl sites for hydroxylation is 1. The van der Waals surface area contributed by atoms with Crippen LogP contribution in [-0.4, -0.2) is 26.1 Å². The van der Waals surface area contributed by atoms with Crippen LogP contribution in [0.15, 0.2) is 47.6 Å². The van der Waals surface area contributed by atoms with Gasteiger partial charge in [-0.1, -0.05) is 6.07 Å². The number of rotatable bonds is 4. The molecule has 0 spiro atoms. The third kappa shape index (κ3) is 3.00. The van der Waals surface area contributed by atoms with Crippen LogP contribution in [0.3, 0.4) is 0 Å². The summed E-state index contributed by atoms with van der Waals surface area (Å²) in [5, 5.41) is 0. The first-order valence-electron chi connectivity index (χ1n) is 5.75. The van der Waals surface area contributed by atoms with Gasteiger partial charge in [-0.3, -0.25) is 4.72 Å². The maximum atomic E-state index is 12.1. The topological polar surface area (TPSA) is 77.4 Å². The van der Waals surface area contributed by atoms with Gasteiger partial charge in [-0.15, -0.1) is 0 Å². The fourth-order valence-corrected chi connectivity index (χ4v) is 2.78. The van der Waals surface area contributed by atoms with Crippen molar-refractivity contribution in [2.45, 2.75) is 4.90 Å². The fourth-order valence-electron chi connectivity index (χ4n) is 1.68. The Morgan fingerprint density at radius 3 is 2.65 bits per heavy atom. The molecule has 0 radical (unpaired) electrons. The Bertz CT molecular complexity index is 734. The summed E-state index contributed by atoms with van der Waals surface area (Å²) in [5.41, 5.74) is 0.581. The van der Waals surface area contributed by atoms with E-state index in [4.69, 9.17) is 0 Å². The van der Waals surface area contributed by atoms with Gasteiger partial charge in [0.25, 0.3) is 10.0 Å². The van der Waals surface area contributed by atoms with Gasteiger partial charge in [0.2, 0.25) is 0 Å². The van der Waals surface area contributed by atoms with E-state index >= 15 is 0 Å². The van der Waals surface area contributed by atoms with Crippen molar-refractivity contribution in [3.8, 4) is 0 Å². The first-order valence-corrected chi connectivity index (χ1v) is 7.24. The van der Waals surface area contributed by atoms with Gasteiger partial charge in [-0.25, -0.2) is 13.2 Å². The summed E-state index contributed by atoms with van der Waals surface area (Å²) in [7, 11) is -0.665. The van der Waals surface area contributed by atoms with Crippen molar-refractivity contribution < 1.29 is 17.9 Å². The predicted molar refractivity (Wildman–Crippen MR) is 74.0 cm³/mol. The Kier molecular flexibility index (Phi) is 3.80. The van der Waals surface area contributed by atoms with E-state index in [0.29, 0.717) is 5.69 Å². The lowest BCUT2D eigenvalue weighted by atomic mass is 10.2. The van der Waals surface area contributed by atoms with Crippen LogP contribution in [0.2, 0.25) is 0 Å². The highest BCUT2D eigenvalue weighted by Crippen LogP contribution is 2.17. The van der Waals surface area contributed by atoms with Gasteiger partial charge < -0.3 is 9.30 Å². The molecule has 2 aromatic rings. The molecule has 0 fully saturated rings. The number of hydrogen-bond acceptors (Lipinski definition) is 4. The Morgan fingerprint density at radius 1 is 1.30 bits per heavy atom. The number of nitrogens with zero attached hydrogens (tertiary/aromatic N) is 1. The summed E-state index contributed by atoms with van der Waals surface area (Å²) in [6, 6.07) is 7.60. The summed E-state index contributed by atoms with van der Waals surface area (Å²) in [6.07, 6.45) is 3.13. The molecular formula is C13H14N2O4S. The van der Waals surface area contributed by atoms with Crippen LogP contribution in [-0.2, 0) is 21.8 Å². The quantitative estimate of drug-likeness (QED) is 0.869. The number of carbonyl (C=O) groups is 1. The van der Waals surface area contributed by atoms with Gasteiger partial charge in [0, 0.05) is 25.1 Å². The number of aromatic nitrogens is 1. The van der Waals surface area contributed by atoms with Crippen molar-refractivity contribution in [3.63, 3.8) is 0 Å². The number of esters is 1. The second-order valence-corrected chi connectivity index (χ2v) is 5.87. The third-order valence-corrected chi connectivity index (χ3v) is 4.02. The molecule has 1 aromatic carbocycles. The molecule has 0 aliphatic carbocycles. The standard InChI is InChI=1S/C13H14N2O4S/c1-15-7-6-12(9-15)20(17,18)14-11-5-3-4-10(8-11)13(16)19-2/h3-9,14H,1-2H3. The average Bonchev–Trinajstić information content (AvgIpc) is 2.85. The molecule has 1 N–H and O–H groups in total. The Morgan fingerprint density at radius 2 is 2.05 bits per heavy atom. The zero-order valence-electron chi connectivity index (χ0n) is 11.0. The van der Waals surface area contributed by atoms with E-state index in [0.717, 1.165) is 0 Å². The van der Waals surface area contributed by atoms with Crippen molar-refractivity contribution in [1.82, 2.24) is 4.57 Å². The predicted octanol–water partition coefficient (Wildman–Crippen LogP) is 1.61. The Hall–Kier alpha value is -2.28. The maximum Gasteiger partial charge on any atom is 0.337 e. The second kappa shape index (κ2) is 5.38. The van der Waals surface area contributed by atoms with Crippen LogP contribution in [0.1, 0.15) is 10.4 Å². The molecule has 7 heteroatoms. The summed E-state index contributed by atoms with van der Waals surface area (Å²) >= 11 is 0. The minimum Gasteiger partial charge on any atom is -0.465 e. The fraction of sp³-hybridized carbons (Fsp3) is 0.154. The van der Waals surface area contributed by atoms with Crippen LogP contribution in [0, 0.1) is 0 Å². The molecule has 0 aliphatic rings. The molecule has 106 valence electrons. The second-order valence-electron chi connectivity index (χ2n) is 4.19. The SMILES string of the molecule is COC(=O)c1cccc(NS(=O)(=O)c2ccn(C)c2)c1. The van der Waals surface area contributed by atoms with Gasteiger partial charge in [0.15, 0.2) is 0 Å². The van der Waals surface area contributed by atoms with Gasteiger partial charge in [0.1, 0.15) is 4.90 Å². The van der Waals surface area contributed by atoms with Crippen molar-refractivity contribution in [2.24, 2.45) is 7.05 Å². The van der Waals surface area contributed by atoms with Gasteiger partial charge in [0.05, 0.1) is 12.7 Å². The minimum absolute atomic E-state index is 0.156. The van der Waals surface area contributed by atoms with E-state index in [9.17, 15) is 13.2 Å². The summed E-state index contributed by atoms with van der Waals surface area (Å²) in [6.45, 7) is 0. The van der Waals surface area contributed by atoms with Crippen LogP contribution in [0.25, 0.3) is 0 Å². The highest BCUT2D eigenvalue weighted by atomic mass is 32.2. The Balaban J connectivity index is 2.28. The monoisotopic (exact) mass is 294 g/mol. The number of carbonyl (C=O) groups excluding carboxylic acids is 1. The van der Waals surface area contributed by atoms with Crippen LogP contribution in [0.4, 0.5) is 5.69 Å². The molecule has 2 rings (SSSR count). The number of hydrogen-bond donors (Lipinski definition) is 1. The number of sulfonamides is 1. The first kappa shape index (κ1) is 14.1. The molecule has 1 aromatic heterocycles. The summed E-state index contributed by atoms with van der Waals surface area (Å²) in [4.78, 5) is 11.6. The molecule has 6 nitrogen and oxygen atoms in total. The normalized spacial score (nSPS) is 11.1. The average molecular weight is 294 g/mol. The zero-order chi connectivity index (χ0) is 14.8. The molecule has 1 heterocycles. The van der Waals surface area contributed by atoms with E-state index in [1.165, 1.54) is 25.4 Å². The molecular weight excluding hydrogens is 280 g/mol. The number of benzene rings is 1. The van der Waals surface area contributed by atoms with Gasteiger partial charge in [-0.05, 0) is 24.3 Å². The number of methoxy groups -OCH3 is 1. The molecule has 0 aliphatic heterocycles. The molecule has 0 amide bonds. The van der Waals surface area contributed by atoms with E-state index in [2.05, 4.69) is 9.46 Å². The molecule has 0 saturated carbocycles. The van der Waals surface area contributed by atoms with Crippen molar-refractivity contribution in [3.05, 3.63) is 48.3 Å². The van der Waals surface area contributed by atoms with Crippen molar-refractivity contribution in [1.29, 1.82) is 0 Å². The smallest absolute Gasteiger partial charge is 0.337 e. The molecule has 0 unspecified atom stereocenters. The zero-order valence-corrected chi connectivity index (χ0v) is 11.8. The Labute approximate surface area is 117 Å². The van der Waals surface area contributed by atoms with Crippen LogP contribution >= 0.6 is 0 Å². The number of ether oxygens (including phenoxy) is 1. The lowest BCUT2D eigenvalue weighted by Gasteiger charge is -2.07. The number of anilines is 1. The molecule has 20 heavy (non-hydrogen) atoms. The summed E-state index contributed by atoms with van der Waals surface area (Å²) < 4.78 is 32.9. The lowest BCUT2D eigenvalue weighted by molar-refractivity contribution is 0.0601. The minimum atomic E-state index is -3.66. The van der Waals surface area contributed by atoms with E-state index in [1.807, 2.05) is 0 Å². The first-order chi connectivity index (χ1) is 9.42. The van der Waals surface area contributed by atoms with E-state index in [-0.39, 0.29) is 10.5 Å². The highest BCUT2D eigenvalue weighted by molar-refractivity contribution is 7.92. The maximum absolute atomic E-state index is 12.1. The largest absolute Gasteiger partial charge is 0.465 e. The molecule has 0 atom stereocenters. The molecule has 0 bridgehead atoms. The highest BCUT2D eigenvalue weighted by Gasteiger charge is 2.16. The third-order valence-electron chi connectivity index (χ3n) is 2.65. The van der Waals surface area contributed by atoms with Crippen molar-refractivity contribution in [2.75, 3.05) is 11.8 Å². The molecule has 0 saturated heterocycles.